The van der Waals surface area contributed by atoms with Gasteiger partial charge in [0.2, 0.25) is 0 Å². The molecular weight excluding hydrogens is 116 g/mol. The molecule has 0 saturated heterocycles. The highest BCUT2D eigenvalue weighted by atomic mass is 16.7. The highest BCUT2D eigenvalue weighted by molar-refractivity contribution is 4.40. The Kier molecular flexibility index (Phi) is 4.67. The van der Waals surface area contributed by atoms with Gasteiger partial charge in [-0.2, -0.15) is 5.06 Å². The first-order valence-electron chi connectivity index (χ1n) is 3.29. The predicted molar refractivity (Wildman–Crippen MR) is 37.7 cm³/mol. The first-order chi connectivity index (χ1) is 4.18. The van der Waals surface area contributed by atoms with Gasteiger partial charge in [0.15, 0.2) is 0 Å². The third-order valence-electron chi connectivity index (χ3n) is 1.07. The Morgan fingerprint density at radius 1 is 1.67 bits per heavy atom. The van der Waals surface area contributed by atoms with Gasteiger partial charge in [-0.05, 0) is 13.3 Å². The predicted octanol–water partition coefficient (Wildman–Crippen LogP) is 0.565. The van der Waals surface area contributed by atoms with Crippen molar-refractivity contribution in [1.82, 2.24) is 5.06 Å². The van der Waals surface area contributed by atoms with Crippen molar-refractivity contribution >= 4 is 0 Å². The maximum Gasteiger partial charge on any atom is 0.0786 e. The van der Waals surface area contributed by atoms with E-state index in [0.29, 0.717) is 0 Å². The van der Waals surface area contributed by atoms with Gasteiger partial charge in [-0.25, -0.2) is 0 Å². The lowest BCUT2D eigenvalue weighted by atomic mass is 10.5. The molecule has 0 saturated carbocycles. The molecule has 1 unspecified atom stereocenters. The highest BCUT2D eigenvalue weighted by Gasteiger charge is 2.00. The van der Waals surface area contributed by atoms with E-state index in [1.54, 1.807) is 5.06 Å². The van der Waals surface area contributed by atoms with Gasteiger partial charge >= 0.3 is 0 Å². The van der Waals surface area contributed by atoms with Gasteiger partial charge in [-0.3, -0.25) is 4.84 Å². The number of nitrogens with zero attached hydrogens (tertiary/aromatic N) is 1. The second-order valence-electron chi connectivity index (χ2n) is 2.12. The summed E-state index contributed by atoms with van der Waals surface area (Å²) >= 11 is 0. The number of hydroxylamine groups is 2. The Balaban J connectivity index is 3.16. The zero-order valence-electron chi connectivity index (χ0n) is 6.42. The van der Waals surface area contributed by atoms with E-state index in [9.17, 15) is 0 Å². The minimum Gasteiger partial charge on any atom is -0.314 e. The molecular formula is C6H16N2O. The molecule has 3 heteroatoms. The summed E-state index contributed by atoms with van der Waals surface area (Å²) in [6, 6.07) is 0. The van der Waals surface area contributed by atoms with Crippen molar-refractivity contribution in [3.8, 4) is 0 Å². The summed E-state index contributed by atoms with van der Waals surface area (Å²) in [4.78, 5) is 5.16. The van der Waals surface area contributed by atoms with Crippen LogP contribution in [0.25, 0.3) is 0 Å². The maximum atomic E-state index is 5.48. The minimum absolute atomic E-state index is 0.0171. The quantitative estimate of drug-likeness (QED) is 0.449. The maximum absolute atomic E-state index is 5.48. The standard InChI is InChI=1S/C6H16N2O/c1-4-5-9-8(3)6(2)7/h6H,4-5,7H2,1-3H3. The molecule has 0 aliphatic heterocycles. The van der Waals surface area contributed by atoms with Crippen LogP contribution in [0, 0.1) is 0 Å². The molecule has 0 heterocycles. The third kappa shape index (κ3) is 4.39. The number of nitrogens with two attached hydrogens (primary N) is 1. The van der Waals surface area contributed by atoms with Gasteiger partial charge in [-0.1, -0.05) is 6.92 Å². The van der Waals surface area contributed by atoms with Crippen molar-refractivity contribution in [3.05, 3.63) is 0 Å². The first kappa shape index (κ1) is 8.88. The van der Waals surface area contributed by atoms with Crippen LogP contribution in [0.3, 0.4) is 0 Å². The third-order valence-corrected chi connectivity index (χ3v) is 1.07. The van der Waals surface area contributed by atoms with Crippen molar-refractivity contribution in [3.63, 3.8) is 0 Å². The summed E-state index contributed by atoms with van der Waals surface area (Å²) < 4.78 is 0. The molecule has 0 aromatic heterocycles. The Bertz CT molecular complexity index is 66.1. The van der Waals surface area contributed by atoms with E-state index in [1.165, 1.54) is 0 Å². The van der Waals surface area contributed by atoms with E-state index in [4.69, 9.17) is 10.6 Å². The molecule has 0 fully saturated rings. The zero-order valence-corrected chi connectivity index (χ0v) is 6.42. The van der Waals surface area contributed by atoms with Crippen molar-refractivity contribution < 1.29 is 4.84 Å². The fourth-order valence-electron chi connectivity index (χ4n) is 0.353. The first-order valence-corrected chi connectivity index (χ1v) is 3.29. The topological polar surface area (TPSA) is 38.5 Å². The summed E-state index contributed by atoms with van der Waals surface area (Å²) in [7, 11) is 1.83. The largest absolute Gasteiger partial charge is 0.314 e. The van der Waals surface area contributed by atoms with Gasteiger partial charge < -0.3 is 5.73 Å². The number of hydrogen-bond donors (Lipinski definition) is 1. The molecule has 2 N–H and O–H groups in total. The summed E-state index contributed by atoms with van der Waals surface area (Å²) in [5.74, 6) is 0. The normalized spacial score (nSPS) is 14.3. The molecule has 0 radical (unpaired) electrons. The average Bonchev–Trinajstić information content (AvgIpc) is 1.82. The van der Waals surface area contributed by atoms with Crippen LogP contribution in [0.15, 0.2) is 0 Å². The molecule has 56 valence electrons. The summed E-state index contributed by atoms with van der Waals surface area (Å²) in [6.45, 7) is 4.70. The number of rotatable bonds is 4. The summed E-state index contributed by atoms with van der Waals surface area (Å²) in [5, 5.41) is 1.66. The Morgan fingerprint density at radius 2 is 2.22 bits per heavy atom. The fourth-order valence-corrected chi connectivity index (χ4v) is 0.353. The van der Waals surface area contributed by atoms with Crippen LogP contribution in [0.4, 0.5) is 0 Å². The Hall–Kier alpha value is -0.120. The van der Waals surface area contributed by atoms with Crippen LogP contribution < -0.4 is 5.73 Å². The van der Waals surface area contributed by atoms with E-state index in [0.717, 1.165) is 13.0 Å². The monoisotopic (exact) mass is 132 g/mol. The van der Waals surface area contributed by atoms with Crippen LogP contribution >= 0.6 is 0 Å². The molecule has 1 atom stereocenters. The van der Waals surface area contributed by atoms with E-state index in [1.807, 2.05) is 14.0 Å². The lowest BCUT2D eigenvalue weighted by molar-refractivity contribution is -0.162. The van der Waals surface area contributed by atoms with E-state index >= 15 is 0 Å². The lowest BCUT2D eigenvalue weighted by Gasteiger charge is -2.19. The summed E-state index contributed by atoms with van der Waals surface area (Å²) in [6.07, 6.45) is 1.01. The van der Waals surface area contributed by atoms with E-state index in [-0.39, 0.29) is 6.17 Å². The fraction of sp³-hybridized carbons (Fsp3) is 1.00. The molecule has 0 aromatic rings. The van der Waals surface area contributed by atoms with E-state index in [2.05, 4.69) is 6.92 Å². The van der Waals surface area contributed by atoms with Gasteiger partial charge in [0.25, 0.3) is 0 Å². The average molecular weight is 132 g/mol. The van der Waals surface area contributed by atoms with Gasteiger partial charge in [-0.15, -0.1) is 0 Å². The second kappa shape index (κ2) is 4.73. The van der Waals surface area contributed by atoms with Crippen molar-refractivity contribution in [1.29, 1.82) is 0 Å². The van der Waals surface area contributed by atoms with E-state index < -0.39 is 0 Å². The molecule has 0 aliphatic rings. The molecule has 3 nitrogen and oxygen atoms in total. The molecule has 0 aliphatic carbocycles. The van der Waals surface area contributed by atoms with Crippen LogP contribution in [-0.2, 0) is 4.84 Å². The summed E-state index contributed by atoms with van der Waals surface area (Å²) in [5.41, 5.74) is 5.48. The Morgan fingerprint density at radius 3 is 2.56 bits per heavy atom. The van der Waals surface area contributed by atoms with Crippen molar-refractivity contribution in [2.75, 3.05) is 13.7 Å². The van der Waals surface area contributed by atoms with Gasteiger partial charge in [0.05, 0.1) is 12.8 Å². The minimum atomic E-state index is -0.0171. The smallest absolute Gasteiger partial charge is 0.0786 e. The molecule has 9 heavy (non-hydrogen) atoms. The molecule has 0 amide bonds. The Labute approximate surface area is 56.7 Å². The van der Waals surface area contributed by atoms with Gasteiger partial charge in [0, 0.05) is 7.05 Å². The van der Waals surface area contributed by atoms with Crippen molar-refractivity contribution in [2.45, 2.75) is 26.4 Å². The SMILES string of the molecule is CCCON(C)C(C)N. The van der Waals surface area contributed by atoms with Crippen LogP contribution in [-0.4, -0.2) is 24.9 Å². The molecule has 0 bridgehead atoms. The van der Waals surface area contributed by atoms with Crippen LogP contribution in [0.1, 0.15) is 20.3 Å². The molecule has 0 rings (SSSR count). The van der Waals surface area contributed by atoms with Gasteiger partial charge in [0.1, 0.15) is 0 Å². The van der Waals surface area contributed by atoms with Crippen LogP contribution in [0.5, 0.6) is 0 Å². The highest BCUT2D eigenvalue weighted by Crippen LogP contribution is 1.89. The number of hydrogen-bond acceptors (Lipinski definition) is 3. The molecule has 0 aromatic carbocycles. The lowest BCUT2D eigenvalue weighted by Crippen LogP contribution is -2.36. The van der Waals surface area contributed by atoms with Crippen molar-refractivity contribution in [2.24, 2.45) is 5.73 Å². The van der Waals surface area contributed by atoms with Crippen LogP contribution in [0.2, 0.25) is 0 Å². The second-order valence-corrected chi connectivity index (χ2v) is 2.12. The zero-order chi connectivity index (χ0) is 7.28. The molecule has 0 spiro atoms.